The van der Waals surface area contributed by atoms with Crippen LogP contribution in [0.4, 0.5) is 17.1 Å². The Labute approximate surface area is 429 Å². The van der Waals surface area contributed by atoms with Crippen LogP contribution in [0.3, 0.4) is 0 Å². The smallest absolute Gasteiger partial charge is 0.0674 e. The molecule has 1 nitrogen and oxygen atoms in total. The summed E-state index contributed by atoms with van der Waals surface area (Å²) in [4.78, 5) is 2.51. The van der Waals surface area contributed by atoms with Crippen molar-refractivity contribution in [3.05, 3.63) is 320 Å². The predicted octanol–water partition coefficient (Wildman–Crippen LogP) is 19.6. The molecule has 0 saturated carbocycles. The monoisotopic (exact) mass is 931 g/mol. The second kappa shape index (κ2) is 19.5. The van der Waals surface area contributed by atoms with E-state index in [4.69, 9.17) is 0 Å². The van der Waals surface area contributed by atoms with Crippen LogP contribution in [-0.2, 0) is 5.41 Å². The third-order valence-electron chi connectivity index (χ3n) is 14.7. The Bertz CT molecular complexity index is 3800. The van der Waals surface area contributed by atoms with Gasteiger partial charge in [-0.3, -0.25) is 0 Å². The van der Waals surface area contributed by atoms with Crippen molar-refractivity contribution in [2.45, 2.75) is 12.3 Å². The van der Waals surface area contributed by atoms with Gasteiger partial charge >= 0.3 is 0 Å². The molecular weight excluding hydrogens is 879 g/mol. The van der Waals surface area contributed by atoms with Gasteiger partial charge in [0.05, 0.1) is 16.8 Å². The summed E-state index contributed by atoms with van der Waals surface area (Å²) in [6.45, 7) is 6.27. The lowest BCUT2D eigenvalue weighted by Crippen LogP contribution is -2.28. The molecule has 11 aromatic carbocycles. The molecule has 12 rings (SSSR count). The largest absolute Gasteiger partial charge is 0.309 e. The van der Waals surface area contributed by atoms with E-state index < -0.39 is 5.41 Å². The Kier molecular flexibility index (Phi) is 12.0. The standard InChI is InChI=1S/C72H53N/c1-3-4-8-24-51(2)72(61-33-13-7-14-34-61)67-39-19-17-37-66(67)71-68(72)40-23-42-70(71)73(69-41-20-18-36-65(69)57-32-21-31-56(47-57)64-38-22-30-55-29-15-16-35-63(55)64)62-45-43-54(44-46-62)60-49-58(52-25-9-5-10-26-52)48-59(50-60)53-27-11-6-12-28-53/h3-50H,1H2,2H3/b8-4-,51-24+. The first kappa shape index (κ1) is 44.9. The predicted molar refractivity (Wildman–Crippen MR) is 311 cm³/mol. The Balaban J connectivity index is 1.08. The van der Waals surface area contributed by atoms with Crippen LogP contribution in [-0.4, -0.2) is 0 Å². The van der Waals surface area contributed by atoms with Crippen molar-refractivity contribution >= 4 is 27.8 Å². The minimum atomic E-state index is -0.559. The molecule has 0 amide bonds. The van der Waals surface area contributed by atoms with E-state index in [-0.39, 0.29) is 0 Å². The van der Waals surface area contributed by atoms with Crippen molar-refractivity contribution in [1.82, 2.24) is 0 Å². The SMILES string of the molecule is C=C/C=C\C=C(/C)C1(c2ccccc2)c2ccccc2-c2c(N(c3ccc(-c4cc(-c5ccccc5)cc(-c5ccccc5)c4)cc3)c3ccccc3-c3cccc(-c4cccc5ccccc45)c3)cccc21. The normalized spacial score (nSPS) is 14.0. The number of para-hydroxylation sites is 1. The molecule has 0 N–H and O–H groups in total. The van der Waals surface area contributed by atoms with Crippen LogP contribution in [0, 0.1) is 0 Å². The zero-order valence-corrected chi connectivity index (χ0v) is 40.9. The van der Waals surface area contributed by atoms with E-state index in [0.717, 1.165) is 33.8 Å². The maximum absolute atomic E-state index is 3.99. The molecule has 1 aliphatic rings. The van der Waals surface area contributed by atoms with Crippen molar-refractivity contribution < 1.29 is 0 Å². The molecule has 0 heterocycles. The van der Waals surface area contributed by atoms with E-state index >= 15 is 0 Å². The first-order chi connectivity index (χ1) is 36.1. The van der Waals surface area contributed by atoms with Crippen LogP contribution in [0.1, 0.15) is 23.6 Å². The second-order valence-corrected chi connectivity index (χ2v) is 18.9. The van der Waals surface area contributed by atoms with E-state index in [0.29, 0.717) is 0 Å². The highest BCUT2D eigenvalue weighted by molar-refractivity contribution is 6.01. The summed E-state index contributed by atoms with van der Waals surface area (Å²) in [5.74, 6) is 0. The highest BCUT2D eigenvalue weighted by atomic mass is 15.1. The summed E-state index contributed by atoms with van der Waals surface area (Å²) in [6.07, 6.45) is 8.23. The van der Waals surface area contributed by atoms with Gasteiger partial charge in [0.15, 0.2) is 0 Å². The van der Waals surface area contributed by atoms with Crippen molar-refractivity contribution in [1.29, 1.82) is 0 Å². The number of benzene rings is 11. The second-order valence-electron chi connectivity index (χ2n) is 18.9. The number of anilines is 3. The van der Waals surface area contributed by atoms with Crippen LogP contribution in [0.15, 0.2) is 303 Å². The lowest BCUT2D eigenvalue weighted by atomic mass is 9.67. The summed E-state index contributed by atoms with van der Waals surface area (Å²) in [7, 11) is 0. The minimum absolute atomic E-state index is 0.559. The lowest BCUT2D eigenvalue weighted by Gasteiger charge is -2.35. The minimum Gasteiger partial charge on any atom is -0.309 e. The molecule has 0 bridgehead atoms. The van der Waals surface area contributed by atoms with Gasteiger partial charge in [-0.2, -0.15) is 0 Å². The Morgan fingerprint density at radius 3 is 1.56 bits per heavy atom. The van der Waals surface area contributed by atoms with Gasteiger partial charge in [-0.25, -0.2) is 0 Å². The van der Waals surface area contributed by atoms with Crippen molar-refractivity contribution in [3.63, 3.8) is 0 Å². The number of allylic oxidation sites excluding steroid dienone is 5. The van der Waals surface area contributed by atoms with Crippen LogP contribution in [0.5, 0.6) is 0 Å². The average molecular weight is 932 g/mol. The fourth-order valence-corrected chi connectivity index (χ4v) is 11.4. The number of nitrogens with zero attached hydrogens (tertiary/aromatic N) is 1. The third kappa shape index (κ3) is 8.12. The summed E-state index contributed by atoms with van der Waals surface area (Å²) >= 11 is 0. The number of hydrogen-bond donors (Lipinski definition) is 0. The summed E-state index contributed by atoms with van der Waals surface area (Å²) in [5, 5.41) is 2.47. The Morgan fingerprint density at radius 1 is 0.384 bits per heavy atom. The molecule has 0 radical (unpaired) electrons. The van der Waals surface area contributed by atoms with Gasteiger partial charge < -0.3 is 4.90 Å². The lowest BCUT2D eigenvalue weighted by molar-refractivity contribution is 0.746. The van der Waals surface area contributed by atoms with Crippen LogP contribution in [0.2, 0.25) is 0 Å². The molecular formula is C72H53N. The molecule has 1 heteroatoms. The third-order valence-corrected chi connectivity index (χ3v) is 14.7. The molecule has 11 aromatic rings. The van der Waals surface area contributed by atoms with E-state index in [1.54, 1.807) is 0 Å². The number of rotatable bonds is 12. The van der Waals surface area contributed by atoms with Crippen LogP contribution in [0.25, 0.3) is 77.5 Å². The summed E-state index contributed by atoms with van der Waals surface area (Å²) in [5.41, 5.74) is 21.9. The topological polar surface area (TPSA) is 3.24 Å². The van der Waals surface area contributed by atoms with Crippen LogP contribution < -0.4 is 4.90 Å². The summed E-state index contributed by atoms with van der Waals surface area (Å²) < 4.78 is 0. The van der Waals surface area contributed by atoms with Crippen molar-refractivity contribution in [2.75, 3.05) is 4.90 Å². The maximum atomic E-state index is 3.99. The van der Waals surface area contributed by atoms with E-state index in [1.165, 1.54) is 83.1 Å². The fraction of sp³-hybridized carbons (Fsp3) is 0.0278. The van der Waals surface area contributed by atoms with E-state index in [1.807, 2.05) is 12.2 Å². The van der Waals surface area contributed by atoms with Gasteiger partial charge in [0.2, 0.25) is 0 Å². The highest BCUT2D eigenvalue weighted by Gasteiger charge is 2.47. The zero-order valence-electron chi connectivity index (χ0n) is 40.9. The van der Waals surface area contributed by atoms with E-state index in [2.05, 4.69) is 297 Å². The molecule has 0 aromatic heterocycles. The van der Waals surface area contributed by atoms with E-state index in [9.17, 15) is 0 Å². The Hall–Kier alpha value is -9.30. The molecule has 1 aliphatic carbocycles. The number of hydrogen-bond acceptors (Lipinski definition) is 1. The van der Waals surface area contributed by atoms with Gasteiger partial charge in [0.1, 0.15) is 0 Å². The first-order valence-electron chi connectivity index (χ1n) is 25.2. The number of fused-ring (bicyclic) bond motifs is 4. The molecule has 1 unspecified atom stereocenters. The molecule has 0 spiro atoms. The molecule has 1 atom stereocenters. The molecule has 73 heavy (non-hydrogen) atoms. The molecule has 0 fully saturated rings. The van der Waals surface area contributed by atoms with Gasteiger partial charge in [0.25, 0.3) is 0 Å². The molecule has 0 aliphatic heterocycles. The highest BCUT2D eigenvalue weighted by Crippen LogP contribution is 2.60. The molecule has 346 valence electrons. The Morgan fingerprint density at radius 2 is 0.863 bits per heavy atom. The van der Waals surface area contributed by atoms with Gasteiger partial charge in [-0.05, 0) is 139 Å². The molecule has 0 saturated heterocycles. The average Bonchev–Trinajstić information content (AvgIpc) is 3.78. The van der Waals surface area contributed by atoms with Gasteiger partial charge in [-0.15, -0.1) is 0 Å². The van der Waals surface area contributed by atoms with Crippen molar-refractivity contribution in [2.24, 2.45) is 0 Å². The first-order valence-corrected chi connectivity index (χ1v) is 25.2. The van der Waals surface area contributed by atoms with Gasteiger partial charge in [0, 0.05) is 16.8 Å². The van der Waals surface area contributed by atoms with Crippen LogP contribution >= 0.6 is 0 Å². The quantitative estimate of drug-likeness (QED) is 0.110. The maximum Gasteiger partial charge on any atom is 0.0674 e. The summed E-state index contributed by atoms with van der Waals surface area (Å²) in [6, 6.07) is 97.9. The fourth-order valence-electron chi connectivity index (χ4n) is 11.4. The van der Waals surface area contributed by atoms with Gasteiger partial charge in [-0.1, -0.05) is 255 Å². The zero-order chi connectivity index (χ0) is 49.1. The van der Waals surface area contributed by atoms with Crippen molar-refractivity contribution in [3.8, 4) is 66.8 Å².